The average molecular weight is 359 g/mol. The molecule has 4 rings (SSSR count). The van der Waals surface area contributed by atoms with Crippen molar-refractivity contribution < 1.29 is 14.1 Å². The molecule has 1 unspecified atom stereocenters. The van der Waals surface area contributed by atoms with E-state index in [2.05, 4.69) is 15.2 Å². The van der Waals surface area contributed by atoms with Gasteiger partial charge in [0.05, 0.1) is 12.3 Å². The van der Waals surface area contributed by atoms with Crippen LogP contribution in [0.15, 0.2) is 10.6 Å². The molecule has 1 aliphatic heterocycles. The molecule has 3 heterocycles. The van der Waals surface area contributed by atoms with Crippen LogP contribution in [0, 0.1) is 12.8 Å². The Bertz CT molecular complexity index is 780. The minimum Gasteiger partial charge on any atom is -0.381 e. The number of hydrogen-bond donors (Lipinski definition) is 0. The normalized spacial score (nSPS) is 20.1. The van der Waals surface area contributed by atoms with Gasteiger partial charge in [-0.1, -0.05) is 5.16 Å². The zero-order valence-electron chi connectivity index (χ0n) is 15.3. The van der Waals surface area contributed by atoms with Crippen LogP contribution in [-0.2, 0) is 18.2 Å². The molecule has 2 aliphatic rings. The summed E-state index contributed by atoms with van der Waals surface area (Å²) >= 11 is 0. The summed E-state index contributed by atoms with van der Waals surface area (Å²) in [6.45, 7) is 4.01. The van der Waals surface area contributed by atoms with E-state index < -0.39 is 0 Å². The van der Waals surface area contributed by atoms with Crippen LogP contribution in [0.1, 0.15) is 59.6 Å². The third-order valence-corrected chi connectivity index (χ3v) is 5.02. The number of nitrogens with zero attached hydrogens (tertiary/aromatic N) is 5. The van der Waals surface area contributed by atoms with Crippen molar-refractivity contribution in [2.75, 3.05) is 19.8 Å². The highest BCUT2D eigenvalue weighted by Crippen LogP contribution is 2.32. The lowest BCUT2D eigenvalue weighted by molar-refractivity contribution is 0.0699. The van der Waals surface area contributed by atoms with Crippen LogP contribution >= 0.6 is 0 Å². The molecule has 1 aliphatic carbocycles. The first kappa shape index (κ1) is 17.2. The van der Waals surface area contributed by atoms with Gasteiger partial charge in [-0.25, -0.2) is 0 Å². The van der Waals surface area contributed by atoms with Gasteiger partial charge in [0.25, 0.3) is 5.91 Å². The number of amides is 1. The third-order valence-electron chi connectivity index (χ3n) is 5.02. The summed E-state index contributed by atoms with van der Waals surface area (Å²) in [6.07, 6.45) is 4.97. The smallest absolute Gasteiger partial charge is 0.272 e. The third kappa shape index (κ3) is 3.65. The molecule has 1 atom stereocenters. The van der Waals surface area contributed by atoms with E-state index in [1.807, 2.05) is 17.9 Å². The number of carbonyl (C=O) groups is 1. The lowest BCUT2D eigenvalue weighted by atomic mass is 10.2. The summed E-state index contributed by atoms with van der Waals surface area (Å²) in [5, 5.41) is 8.33. The number of aryl methyl sites for hydroxylation is 2. The molecule has 26 heavy (non-hydrogen) atoms. The molecule has 8 heteroatoms. The lowest BCUT2D eigenvalue weighted by Gasteiger charge is -2.21. The van der Waals surface area contributed by atoms with Crippen LogP contribution in [0.2, 0.25) is 0 Å². The average Bonchev–Trinajstić information content (AvgIpc) is 3.00. The predicted molar refractivity (Wildman–Crippen MR) is 92.5 cm³/mol. The summed E-state index contributed by atoms with van der Waals surface area (Å²) in [4.78, 5) is 19.2. The van der Waals surface area contributed by atoms with Gasteiger partial charge in [0.15, 0.2) is 5.82 Å². The fourth-order valence-corrected chi connectivity index (χ4v) is 3.43. The first-order valence-corrected chi connectivity index (χ1v) is 9.33. The van der Waals surface area contributed by atoms with Crippen molar-refractivity contribution in [3.8, 4) is 0 Å². The van der Waals surface area contributed by atoms with E-state index in [0.29, 0.717) is 37.0 Å². The second-order valence-corrected chi connectivity index (χ2v) is 7.27. The molecule has 2 aromatic heterocycles. The van der Waals surface area contributed by atoms with E-state index in [0.717, 1.165) is 31.1 Å². The Morgan fingerprint density at radius 1 is 1.38 bits per heavy atom. The van der Waals surface area contributed by atoms with E-state index in [4.69, 9.17) is 9.26 Å². The van der Waals surface area contributed by atoms with E-state index in [1.165, 1.54) is 12.8 Å². The van der Waals surface area contributed by atoms with Gasteiger partial charge in [-0.2, -0.15) is 10.1 Å². The van der Waals surface area contributed by atoms with Crippen LogP contribution < -0.4 is 0 Å². The second kappa shape index (κ2) is 7.19. The molecule has 2 aromatic rings. The fraction of sp³-hybridized carbons (Fsp3) is 0.667. The summed E-state index contributed by atoms with van der Waals surface area (Å²) in [6, 6.07) is 1.65. The summed E-state index contributed by atoms with van der Waals surface area (Å²) in [5.74, 6) is 1.88. The predicted octanol–water partition coefficient (Wildman–Crippen LogP) is 2.06. The van der Waals surface area contributed by atoms with Crippen LogP contribution in [0.5, 0.6) is 0 Å². The van der Waals surface area contributed by atoms with Gasteiger partial charge in [-0.3, -0.25) is 9.48 Å². The molecule has 1 amide bonds. The van der Waals surface area contributed by atoms with Gasteiger partial charge in [-0.05, 0) is 44.6 Å². The van der Waals surface area contributed by atoms with Crippen LogP contribution in [0.4, 0.5) is 0 Å². The van der Waals surface area contributed by atoms with Crippen LogP contribution in [-0.4, -0.2) is 50.5 Å². The van der Waals surface area contributed by atoms with Gasteiger partial charge in [0.1, 0.15) is 11.7 Å². The molecular formula is C18H25N5O3. The Morgan fingerprint density at radius 2 is 2.23 bits per heavy atom. The number of hydrogen-bond acceptors (Lipinski definition) is 6. The van der Waals surface area contributed by atoms with Crippen molar-refractivity contribution in [3.05, 3.63) is 29.2 Å². The number of carbonyl (C=O) groups excluding carboxylic acids is 1. The largest absolute Gasteiger partial charge is 0.381 e. The van der Waals surface area contributed by atoms with Crippen molar-refractivity contribution in [2.24, 2.45) is 13.0 Å². The van der Waals surface area contributed by atoms with Crippen LogP contribution in [0.3, 0.4) is 0 Å². The highest BCUT2D eigenvalue weighted by molar-refractivity contribution is 5.93. The molecule has 2 fully saturated rings. The standard InChI is InChI=1S/C18H25N5O3/c1-12-10-15(22(2)20-12)18(24)23-8-3-4-14(23)17-19-16(21-26-17)7-9-25-11-13-5-6-13/h10,13-14H,3-9,11H2,1-2H3. The molecule has 0 N–H and O–H groups in total. The first-order valence-electron chi connectivity index (χ1n) is 9.33. The number of ether oxygens (including phenoxy) is 1. The summed E-state index contributed by atoms with van der Waals surface area (Å²) in [7, 11) is 1.79. The van der Waals surface area contributed by atoms with Crippen molar-refractivity contribution in [3.63, 3.8) is 0 Å². The molecule has 0 bridgehead atoms. The Morgan fingerprint density at radius 3 is 2.96 bits per heavy atom. The molecule has 0 aromatic carbocycles. The number of aromatic nitrogens is 4. The van der Waals surface area contributed by atoms with E-state index in [-0.39, 0.29) is 11.9 Å². The van der Waals surface area contributed by atoms with Crippen molar-refractivity contribution in [2.45, 2.75) is 45.1 Å². The summed E-state index contributed by atoms with van der Waals surface area (Å²) < 4.78 is 12.7. The van der Waals surface area contributed by atoms with E-state index in [1.54, 1.807) is 11.7 Å². The molecule has 1 saturated heterocycles. The van der Waals surface area contributed by atoms with Gasteiger partial charge < -0.3 is 14.2 Å². The molecule has 0 radical (unpaired) electrons. The number of likely N-dealkylation sites (tertiary alicyclic amines) is 1. The lowest BCUT2D eigenvalue weighted by Crippen LogP contribution is -2.32. The molecule has 1 saturated carbocycles. The monoisotopic (exact) mass is 359 g/mol. The highest BCUT2D eigenvalue weighted by Gasteiger charge is 2.35. The molecular weight excluding hydrogens is 334 g/mol. The zero-order chi connectivity index (χ0) is 18.1. The van der Waals surface area contributed by atoms with Gasteiger partial charge in [0, 0.05) is 26.6 Å². The number of rotatable bonds is 7. The maximum absolute atomic E-state index is 12.9. The molecule has 0 spiro atoms. The summed E-state index contributed by atoms with van der Waals surface area (Å²) in [5.41, 5.74) is 1.42. The topological polar surface area (TPSA) is 86.3 Å². The van der Waals surface area contributed by atoms with Gasteiger partial charge in [0.2, 0.25) is 5.89 Å². The van der Waals surface area contributed by atoms with Crippen molar-refractivity contribution in [1.29, 1.82) is 0 Å². The Labute approximate surface area is 152 Å². The Balaban J connectivity index is 1.39. The maximum atomic E-state index is 12.9. The maximum Gasteiger partial charge on any atom is 0.272 e. The second-order valence-electron chi connectivity index (χ2n) is 7.27. The van der Waals surface area contributed by atoms with E-state index in [9.17, 15) is 4.79 Å². The van der Waals surface area contributed by atoms with Crippen molar-refractivity contribution in [1.82, 2.24) is 24.8 Å². The fourth-order valence-electron chi connectivity index (χ4n) is 3.43. The minimum absolute atomic E-state index is 0.0388. The quantitative estimate of drug-likeness (QED) is 0.703. The van der Waals surface area contributed by atoms with Gasteiger partial charge >= 0.3 is 0 Å². The van der Waals surface area contributed by atoms with E-state index >= 15 is 0 Å². The highest BCUT2D eigenvalue weighted by atomic mass is 16.5. The zero-order valence-corrected chi connectivity index (χ0v) is 15.3. The Hall–Kier alpha value is -2.22. The Kier molecular flexibility index (Phi) is 4.76. The van der Waals surface area contributed by atoms with Gasteiger partial charge in [-0.15, -0.1) is 0 Å². The first-order chi connectivity index (χ1) is 12.6. The van der Waals surface area contributed by atoms with Crippen LogP contribution in [0.25, 0.3) is 0 Å². The van der Waals surface area contributed by atoms with Crippen molar-refractivity contribution >= 4 is 5.91 Å². The SMILES string of the molecule is Cc1cc(C(=O)N2CCCC2c2nc(CCOCC3CC3)no2)n(C)n1. The molecule has 8 nitrogen and oxygen atoms in total. The molecule has 140 valence electrons. The minimum atomic E-state index is -0.161.